The van der Waals surface area contributed by atoms with Gasteiger partial charge in [0.25, 0.3) is 8.38 Å². The Morgan fingerprint density at radius 3 is 2.25 bits per heavy atom. The van der Waals surface area contributed by atoms with Crippen LogP contribution < -0.4 is 9.83 Å². The molecule has 0 aliphatic rings. The minimum atomic E-state index is -1.57. The molecule has 0 saturated heterocycles. The molecule has 0 fully saturated rings. The van der Waals surface area contributed by atoms with E-state index < -0.39 is 8.38 Å². The molecule has 0 aromatic heterocycles. The van der Waals surface area contributed by atoms with Gasteiger partial charge in [0.15, 0.2) is 0 Å². The van der Waals surface area contributed by atoms with Crippen molar-refractivity contribution in [2.24, 2.45) is 0 Å². The molecule has 3 heteroatoms. The van der Waals surface area contributed by atoms with Crippen LogP contribution in [0.1, 0.15) is 5.56 Å². The van der Waals surface area contributed by atoms with Crippen molar-refractivity contribution in [3.8, 4) is 5.75 Å². The average Bonchev–Trinajstić information content (AvgIpc) is 2.33. The number of hydrogen-bond donors (Lipinski definition) is 1. The standard InChI is InChI=1S/C13H13O2P/c1-11-7-5-6-10-13(11)15-16(14)12-8-3-2-4-9-12/h2-10,14H,1H3. The third kappa shape index (κ3) is 2.60. The summed E-state index contributed by atoms with van der Waals surface area (Å²) < 4.78 is 5.55. The monoisotopic (exact) mass is 232 g/mol. The van der Waals surface area contributed by atoms with E-state index in [9.17, 15) is 4.89 Å². The van der Waals surface area contributed by atoms with E-state index in [0.717, 1.165) is 16.6 Å². The van der Waals surface area contributed by atoms with E-state index in [2.05, 4.69) is 0 Å². The van der Waals surface area contributed by atoms with Gasteiger partial charge in [-0.3, -0.25) is 0 Å². The van der Waals surface area contributed by atoms with Gasteiger partial charge in [0, 0.05) is 5.30 Å². The molecule has 0 spiro atoms. The molecule has 0 saturated carbocycles. The molecule has 16 heavy (non-hydrogen) atoms. The minimum Gasteiger partial charge on any atom is -0.444 e. The van der Waals surface area contributed by atoms with Crippen molar-refractivity contribution in [3.63, 3.8) is 0 Å². The number of benzene rings is 2. The lowest BCUT2D eigenvalue weighted by atomic mass is 10.2. The second kappa shape index (κ2) is 5.11. The maximum Gasteiger partial charge on any atom is 0.262 e. The predicted molar refractivity (Wildman–Crippen MR) is 67.0 cm³/mol. The number of hydrogen-bond acceptors (Lipinski definition) is 2. The Morgan fingerprint density at radius 1 is 0.938 bits per heavy atom. The number of rotatable bonds is 3. The van der Waals surface area contributed by atoms with Crippen LogP contribution in [-0.4, -0.2) is 4.89 Å². The molecular formula is C13H13O2P. The van der Waals surface area contributed by atoms with E-state index in [1.54, 1.807) is 0 Å². The minimum absolute atomic E-state index is 0.736. The molecule has 0 bridgehead atoms. The second-order valence-corrected chi connectivity index (χ2v) is 4.71. The van der Waals surface area contributed by atoms with Crippen molar-refractivity contribution >= 4 is 13.7 Å². The van der Waals surface area contributed by atoms with Gasteiger partial charge in [0.1, 0.15) is 5.75 Å². The first-order valence-electron chi connectivity index (χ1n) is 5.05. The first-order valence-corrected chi connectivity index (χ1v) is 6.26. The van der Waals surface area contributed by atoms with Gasteiger partial charge < -0.3 is 9.42 Å². The normalized spacial score (nSPS) is 12.1. The van der Waals surface area contributed by atoms with Crippen LogP contribution in [0.3, 0.4) is 0 Å². The van der Waals surface area contributed by atoms with E-state index in [1.807, 2.05) is 61.5 Å². The predicted octanol–water partition coefficient (Wildman–Crippen LogP) is 3.00. The molecule has 2 nitrogen and oxygen atoms in total. The summed E-state index contributed by atoms with van der Waals surface area (Å²) in [6.07, 6.45) is 0. The van der Waals surface area contributed by atoms with Crippen LogP contribution in [0.25, 0.3) is 0 Å². The lowest BCUT2D eigenvalue weighted by Gasteiger charge is -2.13. The van der Waals surface area contributed by atoms with Gasteiger partial charge in [-0.1, -0.05) is 36.4 Å². The summed E-state index contributed by atoms with van der Waals surface area (Å²) in [6, 6.07) is 17.1. The summed E-state index contributed by atoms with van der Waals surface area (Å²) in [5.41, 5.74) is 1.03. The van der Waals surface area contributed by atoms with Crippen LogP contribution in [-0.2, 0) is 0 Å². The van der Waals surface area contributed by atoms with E-state index in [-0.39, 0.29) is 0 Å². The van der Waals surface area contributed by atoms with Crippen molar-refractivity contribution in [3.05, 3.63) is 60.2 Å². The first kappa shape index (κ1) is 11.1. The number of aryl methyl sites for hydroxylation is 1. The Balaban J connectivity index is 2.14. The summed E-state index contributed by atoms with van der Waals surface area (Å²) in [7, 11) is -1.57. The largest absolute Gasteiger partial charge is 0.444 e. The summed E-state index contributed by atoms with van der Waals surface area (Å²) in [4.78, 5) is 9.94. The molecule has 82 valence electrons. The quantitative estimate of drug-likeness (QED) is 0.824. The van der Waals surface area contributed by atoms with Gasteiger partial charge in [-0.2, -0.15) is 0 Å². The Morgan fingerprint density at radius 2 is 1.56 bits per heavy atom. The highest BCUT2D eigenvalue weighted by Crippen LogP contribution is 2.34. The topological polar surface area (TPSA) is 29.5 Å². The fourth-order valence-corrected chi connectivity index (χ4v) is 2.28. The zero-order chi connectivity index (χ0) is 11.4. The molecular weight excluding hydrogens is 219 g/mol. The van der Waals surface area contributed by atoms with E-state index in [1.165, 1.54) is 0 Å². The van der Waals surface area contributed by atoms with Gasteiger partial charge in [0.05, 0.1) is 0 Å². The van der Waals surface area contributed by atoms with Gasteiger partial charge in [-0.05, 0) is 30.7 Å². The van der Waals surface area contributed by atoms with Gasteiger partial charge in [-0.25, -0.2) is 0 Å². The average molecular weight is 232 g/mol. The number of para-hydroxylation sites is 1. The smallest absolute Gasteiger partial charge is 0.262 e. The van der Waals surface area contributed by atoms with Crippen LogP contribution in [0.4, 0.5) is 0 Å². The van der Waals surface area contributed by atoms with Crippen LogP contribution in [0.15, 0.2) is 54.6 Å². The van der Waals surface area contributed by atoms with E-state index >= 15 is 0 Å². The molecule has 2 aromatic rings. The van der Waals surface area contributed by atoms with E-state index in [4.69, 9.17) is 4.52 Å². The van der Waals surface area contributed by atoms with Crippen LogP contribution in [0.2, 0.25) is 0 Å². The lowest BCUT2D eigenvalue weighted by molar-refractivity contribution is 0.497. The van der Waals surface area contributed by atoms with Crippen molar-refractivity contribution in [1.82, 2.24) is 0 Å². The molecule has 0 aliphatic carbocycles. The Bertz CT molecular complexity index is 456. The maximum absolute atomic E-state index is 9.94. The molecule has 0 radical (unpaired) electrons. The van der Waals surface area contributed by atoms with Crippen LogP contribution in [0, 0.1) is 6.92 Å². The Hall–Kier alpha value is -1.37. The Kier molecular flexibility index (Phi) is 3.55. The zero-order valence-corrected chi connectivity index (χ0v) is 9.89. The van der Waals surface area contributed by atoms with Crippen LogP contribution >= 0.6 is 8.38 Å². The summed E-state index contributed by atoms with van der Waals surface area (Å²) in [5, 5.41) is 0.820. The van der Waals surface area contributed by atoms with Crippen molar-refractivity contribution in [1.29, 1.82) is 0 Å². The molecule has 1 N–H and O–H groups in total. The first-order chi connectivity index (χ1) is 7.77. The van der Waals surface area contributed by atoms with Crippen molar-refractivity contribution in [2.45, 2.75) is 6.92 Å². The van der Waals surface area contributed by atoms with Gasteiger partial charge >= 0.3 is 0 Å². The highest BCUT2D eigenvalue weighted by molar-refractivity contribution is 7.55. The molecule has 2 aromatic carbocycles. The SMILES string of the molecule is Cc1ccccc1OP(O)c1ccccc1. The van der Waals surface area contributed by atoms with Crippen LogP contribution in [0.5, 0.6) is 5.75 Å². The Labute approximate surface area is 96.4 Å². The lowest BCUT2D eigenvalue weighted by Crippen LogP contribution is -2.04. The second-order valence-electron chi connectivity index (χ2n) is 3.47. The van der Waals surface area contributed by atoms with Crippen molar-refractivity contribution in [2.75, 3.05) is 0 Å². The molecule has 0 amide bonds. The van der Waals surface area contributed by atoms with Gasteiger partial charge in [-0.15, -0.1) is 0 Å². The fraction of sp³-hybridized carbons (Fsp3) is 0.0769. The summed E-state index contributed by atoms with van der Waals surface area (Å²) in [6.45, 7) is 1.96. The summed E-state index contributed by atoms with van der Waals surface area (Å²) in [5.74, 6) is 0.736. The molecule has 2 rings (SSSR count). The highest BCUT2D eigenvalue weighted by Gasteiger charge is 2.11. The molecule has 0 heterocycles. The van der Waals surface area contributed by atoms with Crippen molar-refractivity contribution < 1.29 is 9.42 Å². The molecule has 1 unspecified atom stereocenters. The third-order valence-corrected chi connectivity index (χ3v) is 3.37. The summed E-state index contributed by atoms with van der Waals surface area (Å²) >= 11 is 0. The molecule has 1 atom stereocenters. The maximum atomic E-state index is 9.94. The molecule has 0 aliphatic heterocycles. The van der Waals surface area contributed by atoms with Gasteiger partial charge in [0.2, 0.25) is 0 Å². The highest BCUT2D eigenvalue weighted by atomic mass is 31.2. The third-order valence-electron chi connectivity index (χ3n) is 2.26. The zero-order valence-electron chi connectivity index (χ0n) is 9.00. The van der Waals surface area contributed by atoms with E-state index in [0.29, 0.717) is 0 Å². The fourth-order valence-electron chi connectivity index (χ4n) is 1.36.